The number of fused-ring (bicyclic) bond motifs is 1. The summed E-state index contributed by atoms with van der Waals surface area (Å²) in [7, 11) is 4.31. The number of unbranched alkanes of at least 4 members (excludes halogenated alkanes) is 1. The van der Waals surface area contributed by atoms with Crippen LogP contribution in [0.5, 0.6) is 0 Å². The lowest BCUT2D eigenvalue weighted by Gasteiger charge is -2.30. The van der Waals surface area contributed by atoms with Crippen molar-refractivity contribution < 1.29 is 41.9 Å². The Balaban J connectivity index is 0.000000956. The van der Waals surface area contributed by atoms with Crippen LogP contribution in [0.1, 0.15) is 38.5 Å². The first-order valence-corrected chi connectivity index (χ1v) is 14.0. The molecule has 2 saturated heterocycles. The molecule has 2 fully saturated rings. The second kappa shape index (κ2) is 16.7. The van der Waals surface area contributed by atoms with E-state index in [4.69, 9.17) is 21.4 Å². The Bertz CT molecular complexity index is 819. The molecule has 0 radical (unpaired) electrons. The van der Waals surface area contributed by atoms with E-state index < -0.39 is 18.2 Å². The van der Waals surface area contributed by atoms with Crippen molar-refractivity contribution in [1.29, 1.82) is 0 Å². The summed E-state index contributed by atoms with van der Waals surface area (Å²) < 4.78 is 32.4. The van der Waals surface area contributed by atoms with E-state index in [9.17, 15) is 27.6 Å². The number of halogens is 3. The zero-order chi connectivity index (χ0) is 29.6. The van der Waals surface area contributed by atoms with Gasteiger partial charge in [0.1, 0.15) is 5.97 Å². The van der Waals surface area contributed by atoms with Crippen LogP contribution < -0.4 is 37.8 Å². The monoisotopic (exact) mass is 585 g/mol. The normalized spacial score (nSPS) is 21.1. The number of thioether (sulfide) groups is 1. The standard InChI is InChI=1S/C21H41N7O3S.C2HF3O2/c1-28(2,12-6-10-25-20(30)15(23)13-22)11-5-9-24-18(29)8-4-3-7-17-19-16(14-32-17)26-21(31)27-19;3-2(4,5)1(6)7/h15-17,19H,3-14,22-23H2,1-2H3,(H3-,24,25,26,27,29,30,31);(H,6,7)/t15?,16-,17?,19-;/m0./s1. The highest BCUT2D eigenvalue weighted by Gasteiger charge is 2.42. The van der Waals surface area contributed by atoms with E-state index in [1.54, 1.807) is 0 Å². The predicted octanol–water partition coefficient (Wildman–Crippen LogP) is -1.61. The number of carboxylic acid groups (broad SMARTS) is 1. The van der Waals surface area contributed by atoms with E-state index >= 15 is 0 Å². The summed E-state index contributed by atoms with van der Waals surface area (Å²) in [6.45, 7) is 3.31. The van der Waals surface area contributed by atoms with Crippen LogP contribution in [-0.2, 0) is 14.4 Å². The first-order valence-electron chi connectivity index (χ1n) is 12.9. The van der Waals surface area contributed by atoms with Gasteiger partial charge in [0.25, 0.3) is 0 Å². The Morgan fingerprint density at radius 1 is 1.10 bits per heavy atom. The van der Waals surface area contributed by atoms with Crippen molar-refractivity contribution in [3.8, 4) is 0 Å². The maximum absolute atomic E-state index is 12.1. The molecule has 39 heavy (non-hydrogen) atoms. The number of aliphatic carboxylic acids is 1. The van der Waals surface area contributed by atoms with Crippen LogP contribution in [0.25, 0.3) is 0 Å². The Hall–Kier alpha value is -2.30. The molecule has 0 aromatic carbocycles. The largest absolute Gasteiger partial charge is 0.542 e. The van der Waals surface area contributed by atoms with Crippen molar-refractivity contribution in [2.45, 2.75) is 68.1 Å². The summed E-state index contributed by atoms with van der Waals surface area (Å²) in [6.07, 6.45) is 0.0501. The molecule has 0 saturated carbocycles. The first-order chi connectivity index (χ1) is 18.2. The number of carbonyl (C=O) groups excluding carboxylic acids is 4. The minimum atomic E-state index is -5.19. The smallest absolute Gasteiger partial charge is 0.430 e. The molecule has 2 unspecified atom stereocenters. The van der Waals surface area contributed by atoms with E-state index in [-0.39, 0.29) is 36.5 Å². The third kappa shape index (κ3) is 14.1. The number of urea groups is 1. The summed E-state index contributed by atoms with van der Waals surface area (Å²) in [5.41, 5.74) is 11.0. The minimum absolute atomic E-state index is 0.0505. The maximum Gasteiger partial charge on any atom is 0.430 e. The first kappa shape index (κ1) is 34.7. The van der Waals surface area contributed by atoms with Gasteiger partial charge in [-0.05, 0) is 12.8 Å². The van der Waals surface area contributed by atoms with Crippen molar-refractivity contribution >= 4 is 35.6 Å². The lowest BCUT2D eigenvalue weighted by atomic mass is 10.0. The van der Waals surface area contributed by atoms with Crippen molar-refractivity contribution in [3.05, 3.63) is 0 Å². The zero-order valence-electron chi connectivity index (χ0n) is 22.5. The van der Waals surface area contributed by atoms with Crippen molar-refractivity contribution in [1.82, 2.24) is 21.3 Å². The summed E-state index contributed by atoms with van der Waals surface area (Å²) >= 11 is 1.91. The second-order valence-corrected chi connectivity index (χ2v) is 11.5. The minimum Gasteiger partial charge on any atom is -0.542 e. The van der Waals surface area contributed by atoms with E-state index in [0.717, 1.165) is 55.4 Å². The summed E-state index contributed by atoms with van der Waals surface area (Å²) in [6, 6.07) is -0.188. The molecule has 8 N–H and O–H groups in total. The van der Waals surface area contributed by atoms with E-state index in [1.165, 1.54) is 0 Å². The van der Waals surface area contributed by atoms with Gasteiger partial charge in [0.05, 0.1) is 45.3 Å². The summed E-state index contributed by atoms with van der Waals surface area (Å²) in [4.78, 5) is 43.9. The second-order valence-electron chi connectivity index (χ2n) is 10.2. The number of nitrogens with two attached hydrogens (primary N) is 2. The number of nitrogens with one attached hydrogen (secondary N) is 4. The number of carboxylic acids is 1. The number of alkyl halides is 3. The van der Waals surface area contributed by atoms with Gasteiger partial charge < -0.3 is 47.1 Å². The lowest BCUT2D eigenvalue weighted by molar-refractivity contribution is -0.890. The Morgan fingerprint density at radius 3 is 2.26 bits per heavy atom. The number of amides is 4. The molecule has 0 bridgehead atoms. The number of hydrogen-bond donors (Lipinski definition) is 6. The number of nitrogens with zero attached hydrogens (tertiary/aromatic N) is 1. The SMILES string of the molecule is C[N+](C)(CCCNC(=O)CCCCC1SC[C@@H]2NC(=O)N[C@H]12)CCCNC(=O)C(N)CN.O=C([O-])C(F)(F)F. The molecule has 16 heteroatoms. The highest BCUT2D eigenvalue weighted by Crippen LogP contribution is 2.33. The highest BCUT2D eigenvalue weighted by molar-refractivity contribution is 8.00. The Kier molecular flexibility index (Phi) is 14.9. The van der Waals surface area contributed by atoms with Crippen LogP contribution in [0.15, 0.2) is 0 Å². The number of hydrogen-bond acceptors (Lipinski definition) is 8. The van der Waals surface area contributed by atoms with E-state index in [1.807, 2.05) is 11.8 Å². The Morgan fingerprint density at radius 2 is 1.69 bits per heavy atom. The third-order valence-electron chi connectivity index (χ3n) is 6.40. The quantitative estimate of drug-likeness (QED) is 0.0751. The van der Waals surface area contributed by atoms with Gasteiger partial charge in [0.2, 0.25) is 11.8 Å². The van der Waals surface area contributed by atoms with E-state index in [2.05, 4.69) is 35.4 Å². The van der Waals surface area contributed by atoms with Gasteiger partial charge in [-0.25, -0.2) is 4.79 Å². The molecule has 4 atom stereocenters. The fourth-order valence-electron chi connectivity index (χ4n) is 4.17. The van der Waals surface area contributed by atoms with Gasteiger partial charge >= 0.3 is 12.2 Å². The Labute approximate surface area is 231 Å². The van der Waals surface area contributed by atoms with Gasteiger partial charge in [-0.3, -0.25) is 9.59 Å². The highest BCUT2D eigenvalue weighted by atomic mass is 32.2. The number of carbonyl (C=O) groups is 4. The number of quaternary nitrogens is 1. The third-order valence-corrected chi connectivity index (χ3v) is 7.91. The van der Waals surface area contributed by atoms with Gasteiger partial charge in [0.15, 0.2) is 0 Å². The van der Waals surface area contributed by atoms with Crippen molar-refractivity contribution in [2.75, 3.05) is 52.6 Å². The maximum atomic E-state index is 12.1. The fraction of sp³-hybridized carbons (Fsp3) is 0.826. The molecular weight excluding hydrogens is 543 g/mol. The molecule has 0 aromatic heterocycles. The van der Waals surface area contributed by atoms with Crippen LogP contribution in [-0.4, -0.2) is 110 Å². The molecule has 2 aliphatic heterocycles. The van der Waals surface area contributed by atoms with Crippen molar-refractivity contribution in [2.24, 2.45) is 11.5 Å². The molecular formula is C23H42F3N7O5S. The molecule has 2 aliphatic rings. The van der Waals surface area contributed by atoms with Gasteiger partial charge in [0, 0.05) is 49.9 Å². The predicted molar refractivity (Wildman–Crippen MR) is 139 cm³/mol. The topological polar surface area (TPSA) is 192 Å². The lowest BCUT2D eigenvalue weighted by Crippen LogP contribution is -2.47. The molecule has 0 spiro atoms. The number of rotatable bonds is 15. The molecule has 2 rings (SSSR count). The average Bonchev–Trinajstić information content (AvgIpc) is 3.40. The molecule has 4 amide bonds. The van der Waals surface area contributed by atoms with Crippen molar-refractivity contribution in [3.63, 3.8) is 0 Å². The molecule has 2 heterocycles. The fourth-order valence-corrected chi connectivity index (χ4v) is 5.71. The molecule has 12 nitrogen and oxygen atoms in total. The van der Waals surface area contributed by atoms with Crippen LogP contribution in [0.3, 0.4) is 0 Å². The van der Waals surface area contributed by atoms with Crippen LogP contribution in [0, 0.1) is 0 Å². The van der Waals surface area contributed by atoms with Crippen LogP contribution in [0.4, 0.5) is 18.0 Å². The van der Waals surface area contributed by atoms with Gasteiger partial charge in [-0.2, -0.15) is 24.9 Å². The molecule has 0 aliphatic carbocycles. The zero-order valence-corrected chi connectivity index (χ0v) is 23.3. The van der Waals surface area contributed by atoms with Crippen LogP contribution in [0.2, 0.25) is 0 Å². The van der Waals surface area contributed by atoms with Crippen LogP contribution >= 0.6 is 11.8 Å². The van der Waals surface area contributed by atoms with Gasteiger partial charge in [-0.15, -0.1) is 0 Å². The molecule has 226 valence electrons. The van der Waals surface area contributed by atoms with Gasteiger partial charge in [-0.1, -0.05) is 6.42 Å². The summed E-state index contributed by atoms with van der Waals surface area (Å²) in [5, 5.41) is 21.0. The molecule has 0 aromatic rings. The van der Waals surface area contributed by atoms with E-state index in [0.29, 0.717) is 24.8 Å². The average molecular weight is 586 g/mol. The summed E-state index contributed by atoms with van der Waals surface area (Å²) in [5.74, 6) is -2.12.